The first-order valence-electron chi connectivity index (χ1n) is 19.5. The summed E-state index contributed by atoms with van der Waals surface area (Å²) in [5, 5.41) is 24.9. The van der Waals surface area contributed by atoms with Gasteiger partial charge in [-0.05, 0) is 127 Å². The largest absolute Gasteiger partial charge is 0.378 e. The molecule has 0 radical (unpaired) electrons. The Morgan fingerprint density at radius 2 is 0.741 bits per heavy atom. The van der Waals surface area contributed by atoms with E-state index >= 15 is 0 Å². The summed E-state index contributed by atoms with van der Waals surface area (Å²) in [6.07, 6.45) is 0. The average molecular weight is 763 g/mol. The van der Waals surface area contributed by atoms with Crippen LogP contribution in [0.5, 0.6) is 0 Å². The van der Waals surface area contributed by atoms with Gasteiger partial charge in [-0.15, -0.1) is 0 Å². The van der Waals surface area contributed by atoms with Crippen LogP contribution in [0.2, 0.25) is 5.02 Å². The minimum absolute atomic E-state index is 0.597. The molecule has 0 spiro atoms. The average Bonchev–Trinajstić information content (AvgIpc) is 3.27. The van der Waals surface area contributed by atoms with Gasteiger partial charge in [-0.1, -0.05) is 115 Å². The van der Waals surface area contributed by atoms with E-state index in [4.69, 9.17) is 11.6 Å². The highest BCUT2D eigenvalue weighted by atomic mass is 35.5. The second-order valence-corrected chi connectivity index (χ2v) is 15.6. The zero-order chi connectivity index (χ0) is 39.1. The second-order valence-electron chi connectivity index (χ2n) is 15.2. The van der Waals surface area contributed by atoms with Gasteiger partial charge >= 0.3 is 0 Å². The zero-order valence-electron chi connectivity index (χ0n) is 31.9. The molecule has 0 atom stereocenters. The summed E-state index contributed by atoms with van der Waals surface area (Å²) in [5.74, 6) is 0. The highest BCUT2D eigenvalue weighted by Crippen LogP contribution is 2.51. The maximum atomic E-state index is 9.78. The van der Waals surface area contributed by atoms with Crippen molar-refractivity contribution in [3.63, 3.8) is 0 Å². The van der Waals surface area contributed by atoms with Crippen molar-refractivity contribution in [1.29, 1.82) is 5.26 Å². The Hall–Kier alpha value is -7.32. The van der Waals surface area contributed by atoms with Crippen LogP contribution in [0.1, 0.15) is 5.56 Å². The molecule has 0 heterocycles. The number of nitrogens with zero attached hydrogens (tertiary/aromatic N) is 4. The van der Waals surface area contributed by atoms with Crippen molar-refractivity contribution in [3.8, 4) is 6.07 Å². The number of hydrogen-bond acceptors (Lipinski definition) is 4. The molecular formula is C53H35ClN4. The van der Waals surface area contributed by atoms with Crippen LogP contribution in [0.3, 0.4) is 0 Å². The van der Waals surface area contributed by atoms with Gasteiger partial charge in [0.05, 0.1) is 39.4 Å². The summed E-state index contributed by atoms with van der Waals surface area (Å²) >= 11 is 7.90. The first kappa shape index (κ1) is 34.0. The van der Waals surface area contributed by atoms with Gasteiger partial charge in [0.25, 0.3) is 0 Å². The molecule has 0 saturated carbocycles. The van der Waals surface area contributed by atoms with Gasteiger partial charge in [0.2, 0.25) is 0 Å². The lowest BCUT2D eigenvalue weighted by Crippen LogP contribution is -2.15. The lowest BCUT2D eigenvalue weighted by atomic mass is 9.93. The summed E-state index contributed by atoms with van der Waals surface area (Å²) in [6.45, 7) is 0. The van der Waals surface area contributed by atoms with Crippen molar-refractivity contribution in [2.75, 3.05) is 28.8 Å². The van der Waals surface area contributed by atoms with Crippen LogP contribution >= 0.6 is 11.6 Å². The Bertz CT molecular complexity index is 3370. The monoisotopic (exact) mass is 762 g/mol. The number of anilines is 7. The molecule has 4 nitrogen and oxygen atoms in total. The van der Waals surface area contributed by atoms with Crippen molar-refractivity contribution >= 4 is 116 Å². The fraction of sp³-hybridized carbons (Fsp3) is 0.0377. The fourth-order valence-electron chi connectivity index (χ4n) is 9.08. The molecule has 11 aromatic carbocycles. The fourth-order valence-corrected chi connectivity index (χ4v) is 9.38. The third kappa shape index (κ3) is 5.14. The third-order valence-electron chi connectivity index (χ3n) is 11.8. The molecule has 0 N–H and O–H groups in total. The van der Waals surface area contributed by atoms with Crippen LogP contribution in [-0.2, 0) is 0 Å². The van der Waals surface area contributed by atoms with Crippen LogP contribution in [0, 0.1) is 11.3 Å². The van der Waals surface area contributed by atoms with Crippen LogP contribution in [0.4, 0.5) is 39.8 Å². The molecule has 0 aliphatic carbocycles. The molecule has 58 heavy (non-hydrogen) atoms. The predicted octanol–water partition coefficient (Wildman–Crippen LogP) is 15.0. The predicted molar refractivity (Wildman–Crippen MR) is 247 cm³/mol. The lowest BCUT2D eigenvalue weighted by molar-refractivity contribution is 1.13. The van der Waals surface area contributed by atoms with Crippen LogP contribution in [0.15, 0.2) is 176 Å². The summed E-state index contributed by atoms with van der Waals surface area (Å²) in [7, 11) is 4.12. The number of hydrogen-bond donors (Lipinski definition) is 0. The van der Waals surface area contributed by atoms with Crippen LogP contribution < -0.4 is 14.7 Å². The van der Waals surface area contributed by atoms with Gasteiger partial charge in [-0.2, -0.15) is 5.26 Å². The highest BCUT2D eigenvalue weighted by Gasteiger charge is 2.26. The zero-order valence-corrected chi connectivity index (χ0v) is 32.7. The van der Waals surface area contributed by atoms with Crippen molar-refractivity contribution in [2.45, 2.75) is 0 Å². The Labute approximate surface area is 341 Å². The maximum Gasteiger partial charge on any atom is 0.0991 e. The molecule has 5 heteroatoms. The van der Waals surface area contributed by atoms with Crippen molar-refractivity contribution < 1.29 is 0 Å². The standard InChI is InChI=1S/C53H35ClN4/c1-56(2)40-24-26-42(27-25-40)58(46-31-21-39-17-15-35-7-4-9-37-19-29-44(46)52(39)50(35)37)48-11-5-10-47(53(48)54)57(41-22-12-33(32-55)13-23-41)45-30-20-38-16-14-34-6-3-8-36-18-28-43(45)51(38)49(34)36/h3-31H,1-2H3. The molecule has 0 bridgehead atoms. The van der Waals surface area contributed by atoms with E-state index in [0.29, 0.717) is 10.6 Å². The highest BCUT2D eigenvalue weighted by molar-refractivity contribution is 6.37. The Morgan fingerprint density at radius 1 is 0.379 bits per heavy atom. The molecule has 11 rings (SSSR count). The van der Waals surface area contributed by atoms with Crippen LogP contribution in [0.25, 0.3) is 64.6 Å². The molecular weight excluding hydrogens is 728 g/mol. The first-order chi connectivity index (χ1) is 28.5. The van der Waals surface area contributed by atoms with Gasteiger partial charge in [-0.3, -0.25) is 0 Å². The SMILES string of the molecule is CN(C)c1ccc(N(c2cccc(N(c3ccc(C#N)cc3)c3ccc4ccc5cccc6ccc3c4c56)c2Cl)c2ccc3ccc4cccc5ccc2c3c45)cc1. The summed E-state index contributed by atoms with van der Waals surface area (Å²) in [4.78, 5) is 6.67. The van der Waals surface area contributed by atoms with E-state index in [0.717, 1.165) is 50.6 Å². The molecule has 0 amide bonds. The molecule has 0 aliphatic heterocycles. The summed E-state index contributed by atoms with van der Waals surface area (Å²) in [5.41, 5.74) is 7.31. The molecule has 0 aliphatic rings. The van der Waals surface area contributed by atoms with Crippen molar-refractivity contribution in [2.24, 2.45) is 0 Å². The number of rotatable bonds is 7. The van der Waals surface area contributed by atoms with E-state index < -0.39 is 0 Å². The Kier molecular flexibility index (Phi) is 7.69. The maximum absolute atomic E-state index is 9.78. The number of benzene rings is 11. The van der Waals surface area contributed by atoms with Gasteiger partial charge in [0, 0.05) is 41.9 Å². The normalized spacial score (nSPS) is 11.7. The molecule has 11 aromatic rings. The second kappa shape index (κ2) is 13.1. The van der Waals surface area contributed by atoms with Gasteiger partial charge in [0.15, 0.2) is 0 Å². The minimum Gasteiger partial charge on any atom is -0.378 e. The van der Waals surface area contributed by atoms with E-state index in [2.05, 4.69) is 187 Å². The topological polar surface area (TPSA) is 33.5 Å². The van der Waals surface area contributed by atoms with Crippen molar-refractivity contribution in [1.82, 2.24) is 0 Å². The molecule has 0 unspecified atom stereocenters. The lowest BCUT2D eigenvalue weighted by Gasteiger charge is -2.32. The number of nitriles is 1. The van der Waals surface area contributed by atoms with E-state index in [9.17, 15) is 5.26 Å². The first-order valence-corrected chi connectivity index (χ1v) is 19.8. The molecule has 0 saturated heterocycles. The smallest absolute Gasteiger partial charge is 0.0991 e. The molecule has 0 fully saturated rings. The van der Waals surface area contributed by atoms with Gasteiger partial charge in [-0.25, -0.2) is 0 Å². The molecule has 274 valence electrons. The quantitative estimate of drug-likeness (QED) is 0.151. The van der Waals surface area contributed by atoms with Crippen molar-refractivity contribution in [3.05, 3.63) is 187 Å². The molecule has 0 aromatic heterocycles. The Balaban J connectivity index is 1.18. The van der Waals surface area contributed by atoms with E-state index in [1.807, 2.05) is 24.3 Å². The third-order valence-corrected chi connectivity index (χ3v) is 12.2. The van der Waals surface area contributed by atoms with Gasteiger partial charge in [0.1, 0.15) is 0 Å². The van der Waals surface area contributed by atoms with E-state index in [-0.39, 0.29) is 0 Å². The summed E-state index contributed by atoms with van der Waals surface area (Å²) < 4.78 is 0. The van der Waals surface area contributed by atoms with E-state index in [1.54, 1.807) is 0 Å². The Morgan fingerprint density at radius 3 is 1.17 bits per heavy atom. The number of halogens is 1. The van der Waals surface area contributed by atoms with Gasteiger partial charge < -0.3 is 14.7 Å². The summed E-state index contributed by atoms with van der Waals surface area (Å²) in [6, 6.07) is 64.7. The van der Waals surface area contributed by atoms with Crippen LogP contribution in [-0.4, -0.2) is 14.1 Å². The minimum atomic E-state index is 0.597. The van der Waals surface area contributed by atoms with E-state index in [1.165, 1.54) is 53.9 Å².